The lowest BCUT2D eigenvalue weighted by atomic mass is 10.1. The van der Waals surface area contributed by atoms with E-state index < -0.39 is 0 Å². The molecule has 16 heavy (non-hydrogen) atoms. The van der Waals surface area contributed by atoms with Gasteiger partial charge in [-0.3, -0.25) is 4.79 Å². The van der Waals surface area contributed by atoms with Crippen LogP contribution in [0.15, 0.2) is 28.7 Å². The predicted molar refractivity (Wildman–Crippen MR) is 69.2 cm³/mol. The molecule has 1 amide bonds. The molecule has 0 heterocycles. The van der Waals surface area contributed by atoms with Gasteiger partial charge in [0.15, 0.2) is 0 Å². The van der Waals surface area contributed by atoms with Crippen LogP contribution >= 0.6 is 15.9 Å². The number of rotatable bonds is 5. The summed E-state index contributed by atoms with van der Waals surface area (Å²) in [5.41, 5.74) is 1.23. The van der Waals surface area contributed by atoms with Crippen LogP contribution in [0.1, 0.15) is 25.5 Å². The second-order valence-corrected chi connectivity index (χ2v) is 4.63. The van der Waals surface area contributed by atoms with Crippen molar-refractivity contribution in [2.75, 3.05) is 13.1 Å². The van der Waals surface area contributed by atoms with Crippen molar-refractivity contribution < 1.29 is 4.79 Å². The zero-order valence-corrected chi connectivity index (χ0v) is 11.2. The molecule has 0 aliphatic rings. The molecular formula is C12H17BrN2O. The first-order chi connectivity index (χ1) is 7.59. The van der Waals surface area contributed by atoms with E-state index in [-0.39, 0.29) is 11.9 Å². The van der Waals surface area contributed by atoms with Crippen LogP contribution in [0.25, 0.3) is 0 Å². The quantitative estimate of drug-likeness (QED) is 0.815. The first-order valence-electron chi connectivity index (χ1n) is 5.33. The normalized spacial score (nSPS) is 12.2. The van der Waals surface area contributed by atoms with Gasteiger partial charge in [-0.1, -0.05) is 28.1 Å². The van der Waals surface area contributed by atoms with Crippen LogP contribution < -0.4 is 10.6 Å². The zero-order chi connectivity index (χ0) is 12.0. The van der Waals surface area contributed by atoms with Gasteiger partial charge in [-0.2, -0.15) is 0 Å². The molecule has 0 fully saturated rings. The van der Waals surface area contributed by atoms with E-state index in [9.17, 15) is 4.79 Å². The zero-order valence-electron chi connectivity index (χ0n) is 9.59. The predicted octanol–water partition coefficient (Wildman–Crippen LogP) is 2.24. The standard InChI is InChI=1S/C12H17BrN2O/c1-9(14-6-7-15-10(2)16)11-4-3-5-12(13)8-11/h3-5,8-9,14H,6-7H2,1-2H3,(H,15,16)/t9-/m1/s1. The van der Waals surface area contributed by atoms with E-state index in [2.05, 4.69) is 45.6 Å². The molecule has 0 aliphatic heterocycles. The number of nitrogens with one attached hydrogen (secondary N) is 2. The lowest BCUT2D eigenvalue weighted by Crippen LogP contribution is -2.31. The van der Waals surface area contributed by atoms with Gasteiger partial charge in [-0.05, 0) is 24.6 Å². The minimum atomic E-state index is 0.0110. The highest BCUT2D eigenvalue weighted by atomic mass is 79.9. The van der Waals surface area contributed by atoms with E-state index in [1.165, 1.54) is 12.5 Å². The van der Waals surface area contributed by atoms with E-state index in [4.69, 9.17) is 0 Å². The van der Waals surface area contributed by atoms with E-state index in [0.717, 1.165) is 11.0 Å². The van der Waals surface area contributed by atoms with Crippen LogP contribution in [-0.2, 0) is 4.79 Å². The van der Waals surface area contributed by atoms with Gasteiger partial charge in [0.1, 0.15) is 0 Å². The first kappa shape index (κ1) is 13.2. The molecule has 0 bridgehead atoms. The Morgan fingerprint density at radius 3 is 2.81 bits per heavy atom. The SMILES string of the molecule is CC(=O)NCCN[C@H](C)c1cccc(Br)c1. The molecule has 3 nitrogen and oxygen atoms in total. The van der Waals surface area contributed by atoms with Gasteiger partial charge in [0, 0.05) is 30.5 Å². The number of amides is 1. The van der Waals surface area contributed by atoms with E-state index in [1.54, 1.807) is 0 Å². The summed E-state index contributed by atoms with van der Waals surface area (Å²) in [6.07, 6.45) is 0. The largest absolute Gasteiger partial charge is 0.355 e. The summed E-state index contributed by atoms with van der Waals surface area (Å²) in [4.78, 5) is 10.7. The Kier molecular flexibility index (Phi) is 5.49. The second-order valence-electron chi connectivity index (χ2n) is 3.71. The van der Waals surface area contributed by atoms with Gasteiger partial charge >= 0.3 is 0 Å². The summed E-state index contributed by atoms with van der Waals surface area (Å²) in [6.45, 7) is 5.06. The molecule has 0 saturated heterocycles. The molecule has 1 atom stereocenters. The van der Waals surface area contributed by atoms with E-state index in [1.807, 2.05) is 12.1 Å². The monoisotopic (exact) mass is 284 g/mol. The lowest BCUT2D eigenvalue weighted by molar-refractivity contribution is -0.118. The highest BCUT2D eigenvalue weighted by Crippen LogP contribution is 2.17. The summed E-state index contributed by atoms with van der Waals surface area (Å²) < 4.78 is 1.08. The molecule has 0 aromatic heterocycles. The summed E-state index contributed by atoms with van der Waals surface area (Å²) in [5.74, 6) is 0.0110. The minimum absolute atomic E-state index is 0.0110. The Labute approximate surface area is 105 Å². The topological polar surface area (TPSA) is 41.1 Å². The van der Waals surface area contributed by atoms with E-state index in [0.29, 0.717) is 6.54 Å². The Morgan fingerprint density at radius 1 is 1.44 bits per heavy atom. The third-order valence-electron chi connectivity index (χ3n) is 2.30. The molecule has 0 spiro atoms. The Morgan fingerprint density at radius 2 is 2.19 bits per heavy atom. The minimum Gasteiger partial charge on any atom is -0.355 e. The van der Waals surface area contributed by atoms with E-state index >= 15 is 0 Å². The van der Waals surface area contributed by atoms with Crippen molar-refractivity contribution >= 4 is 21.8 Å². The highest BCUT2D eigenvalue weighted by molar-refractivity contribution is 9.10. The average Bonchev–Trinajstić information content (AvgIpc) is 2.24. The van der Waals surface area contributed by atoms with Crippen LogP contribution in [-0.4, -0.2) is 19.0 Å². The number of hydrogen-bond donors (Lipinski definition) is 2. The van der Waals surface area contributed by atoms with Gasteiger partial charge < -0.3 is 10.6 Å². The molecule has 4 heteroatoms. The van der Waals surface area contributed by atoms with Crippen LogP contribution in [0.3, 0.4) is 0 Å². The Bertz CT molecular complexity index is 355. The third kappa shape index (κ3) is 4.77. The summed E-state index contributed by atoms with van der Waals surface area (Å²) >= 11 is 3.45. The van der Waals surface area contributed by atoms with Crippen molar-refractivity contribution in [2.45, 2.75) is 19.9 Å². The second kappa shape index (κ2) is 6.66. The summed E-state index contributed by atoms with van der Waals surface area (Å²) in [5, 5.41) is 6.10. The maximum atomic E-state index is 10.7. The van der Waals surface area contributed by atoms with Crippen molar-refractivity contribution in [1.82, 2.24) is 10.6 Å². The molecule has 1 rings (SSSR count). The smallest absolute Gasteiger partial charge is 0.216 e. The van der Waals surface area contributed by atoms with Crippen molar-refractivity contribution in [3.05, 3.63) is 34.3 Å². The van der Waals surface area contributed by atoms with Gasteiger partial charge in [-0.15, -0.1) is 0 Å². The lowest BCUT2D eigenvalue weighted by Gasteiger charge is -2.14. The third-order valence-corrected chi connectivity index (χ3v) is 2.79. The van der Waals surface area contributed by atoms with Crippen LogP contribution in [0, 0.1) is 0 Å². The summed E-state index contributed by atoms with van der Waals surface area (Å²) in [6, 6.07) is 8.49. The van der Waals surface area contributed by atoms with Crippen molar-refractivity contribution in [3.8, 4) is 0 Å². The number of carbonyl (C=O) groups is 1. The molecular weight excluding hydrogens is 268 g/mol. The molecule has 88 valence electrons. The average molecular weight is 285 g/mol. The fraction of sp³-hybridized carbons (Fsp3) is 0.417. The van der Waals surface area contributed by atoms with Crippen molar-refractivity contribution in [3.63, 3.8) is 0 Å². The fourth-order valence-corrected chi connectivity index (χ4v) is 1.84. The van der Waals surface area contributed by atoms with Crippen molar-refractivity contribution in [1.29, 1.82) is 0 Å². The van der Waals surface area contributed by atoms with Gasteiger partial charge in [0.05, 0.1) is 0 Å². The fourth-order valence-electron chi connectivity index (χ4n) is 1.42. The number of benzene rings is 1. The Balaban J connectivity index is 2.35. The molecule has 0 radical (unpaired) electrons. The van der Waals surface area contributed by atoms with Crippen LogP contribution in [0.4, 0.5) is 0 Å². The first-order valence-corrected chi connectivity index (χ1v) is 6.12. The number of hydrogen-bond acceptors (Lipinski definition) is 2. The molecule has 2 N–H and O–H groups in total. The maximum absolute atomic E-state index is 10.7. The van der Waals surface area contributed by atoms with Crippen LogP contribution in [0.2, 0.25) is 0 Å². The molecule has 0 saturated carbocycles. The number of carbonyl (C=O) groups excluding carboxylic acids is 1. The van der Waals surface area contributed by atoms with Crippen molar-refractivity contribution in [2.24, 2.45) is 0 Å². The van der Waals surface area contributed by atoms with Crippen LogP contribution in [0.5, 0.6) is 0 Å². The molecule has 0 aliphatic carbocycles. The number of halogens is 1. The molecule has 0 unspecified atom stereocenters. The highest BCUT2D eigenvalue weighted by Gasteiger charge is 2.04. The van der Waals surface area contributed by atoms with Gasteiger partial charge in [0.2, 0.25) is 5.91 Å². The summed E-state index contributed by atoms with van der Waals surface area (Å²) in [7, 11) is 0. The maximum Gasteiger partial charge on any atom is 0.216 e. The molecule has 1 aromatic carbocycles. The van der Waals surface area contributed by atoms with Gasteiger partial charge in [0.25, 0.3) is 0 Å². The Hall–Kier alpha value is -0.870. The molecule has 1 aromatic rings. The van der Waals surface area contributed by atoms with Gasteiger partial charge in [-0.25, -0.2) is 0 Å².